The summed E-state index contributed by atoms with van der Waals surface area (Å²) in [6.07, 6.45) is 9.08. The lowest BCUT2D eigenvalue weighted by Gasteiger charge is -2.45. The third-order valence-electron chi connectivity index (χ3n) is 5.57. The van der Waals surface area contributed by atoms with Gasteiger partial charge in [0.1, 0.15) is 0 Å². The van der Waals surface area contributed by atoms with Crippen LogP contribution in [-0.2, 0) is 0 Å². The quantitative estimate of drug-likeness (QED) is 0.727. The minimum absolute atomic E-state index is 0.0243. The fourth-order valence-corrected chi connectivity index (χ4v) is 4.22. The van der Waals surface area contributed by atoms with Gasteiger partial charge in [-0.15, -0.1) is 0 Å². The third kappa shape index (κ3) is 2.39. The Morgan fingerprint density at radius 2 is 1.76 bits per heavy atom. The molecule has 4 atom stereocenters. The summed E-state index contributed by atoms with van der Waals surface area (Å²) in [5.41, 5.74) is 5.62. The van der Waals surface area contributed by atoms with Gasteiger partial charge in [0, 0.05) is 12.0 Å². The fourth-order valence-electron chi connectivity index (χ4n) is 4.22. The molecule has 0 aliphatic heterocycles. The molecule has 0 aromatic carbocycles. The normalized spacial score (nSPS) is 48.0. The van der Waals surface area contributed by atoms with Crippen LogP contribution >= 0.6 is 0 Å². The molecule has 0 heterocycles. The van der Waals surface area contributed by atoms with Gasteiger partial charge in [0.15, 0.2) is 0 Å². The molecule has 4 unspecified atom stereocenters. The van der Waals surface area contributed by atoms with E-state index in [1.165, 1.54) is 25.7 Å². The molecule has 0 aromatic heterocycles. The molecule has 2 fully saturated rings. The van der Waals surface area contributed by atoms with Gasteiger partial charge in [-0.1, -0.05) is 33.1 Å². The number of rotatable bonds is 2. The van der Waals surface area contributed by atoms with Crippen LogP contribution in [0.2, 0.25) is 0 Å². The lowest BCUT2D eigenvalue weighted by Crippen LogP contribution is -2.51. The van der Waals surface area contributed by atoms with E-state index in [1.807, 2.05) is 0 Å². The molecule has 2 heteroatoms. The fraction of sp³-hybridized carbons (Fsp3) is 1.00. The molecule has 17 heavy (non-hydrogen) atoms. The van der Waals surface area contributed by atoms with E-state index in [0.717, 1.165) is 37.5 Å². The topological polar surface area (TPSA) is 46.2 Å². The summed E-state index contributed by atoms with van der Waals surface area (Å²) in [7, 11) is 0. The molecule has 2 aliphatic rings. The zero-order valence-electron chi connectivity index (χ0n) is 11.5. The monoisotopic (exact) mass is 239 g/mol. The Balaban J connectivity index is 2.17. The number of aliphatic hydroxyl groups is 1. The molecule has 0 bridgehead atoms. The maximum atomic E-state index is 11.2. The van der Waals surface area contributed by atoms with Crippen LogP contribution in [0.5, 0.6) is 0 Å². The molecule has 0 radical (unpaired) electrons. The zero-order chi connectivity index (χ0) is 12.5. The van der Waals surface area contributed by atoms with Gasteiger partial charge in [-0.2, -0.15) is 0 Å². The Labute approximate surface area is 106 Å². The highest BCUT2D eigenvalue weighted by atomic mass is 16.3. The highest BCUT2D eigenvalue weighted by molar-refractivity contribution is 5.04. The van der Waals surface area contributed by atoms with Crippen LogP contribution in [-0.4, -0.2) is 17.3 Å². The van der Waals surface area contributed by atoms with Crippen molar-refractivity contribution in [3.8, 4) is 0 Å². The molecule has 0 saturated heterocycles. The average molecular weight is 239 g/mol. The first-order valence-corrected chi connectivity index (χ1v) is 7.44. The molecule has 0 amide bonds. The second-order valence-corrected chi connectivity index (χ2v) is 6.90. The van der Waals surface area contributed by atoms with Crippen molar-refractivity contribution in [1.82, 2.24) is 0 Å². The maximum Gasteiger partial charge on any atom is 0.0716 e. The second-order valence-electron chi connectivity index (χ2n) is 6.90. The molecule has 3 N–H and O–H groups in total. The first-order chi connectivity index (χ1) is 8.01. The van der Waals surface area contributed by atoms with Gasteiger partial charge in [-0.25, -0.2) is 0 Å². The van der Waals surface area contributed by atoms with Crippen molar-refractivity contribution in [2.75, 3.05) is 6.54 Å². The summed E-state index contributed by atoms with van der Waals surface area (Å²) >= 11 is 0. The van der Waals surface area contributed by atoms with Crippen LogP contribution in [0, 0.1) is 17.3 Å². The van der Waals surface area contributed by atoms with E-state index in [2.05, 4.69) is 13.8 Å². The standard InChI is InChI=1S/C15H29NO/c1-12-4-3-7-15(17,9-6-12)14(11-16)8-5-13(2)10-14/h12-13,17H,3-11,16H2,1-2H3. The summed E-state index contributed by atoms with van der Waals surface area (Å²) in [6.45, 7) is 5.29. The molecule has 2 nitrogen and oxygen atoms in total. The van der Waals surface area contributed by atoms with E-state index in [9.17, 15) is 5.11 Å². The molecule has 0 spiro atoms. The van der Waals surface area contributed by atoms with E-state index in [4.69, 9.17) is 5.73 Å². The van der Waals surface area contributed by atoms with Crippen LogP contribution < -0.4 is 5.73 Å². The highest BCUT2D eigenvalue weighted by Crippen LogP contribution is 2.53. The van der Waals surface area contributed by atoms with Crippen molar-refractivity contribution in [2.24, 2.45) is 23.0 Å². The first kappa shape index (κ1) is 13.4. The zero-order valence-corrected chi connectivity index (χ0v) is 11.5. The van der Waals surface area contributed by atoms with E-state index in [0.29, 0.717) is 6.54 Å². The number of nitrogens with two attached hydrogens (primary N) is 1. The molecular formula is C15H29NO. The molecule has 100 valence electrons. The highest BCUT2D eigenvalue weighted by Gasteiger charge is 2.52. The van der Waals surface area contributed by atoms with Gasteiger partial charge in [0.05, 0.1) is 5.60 Å². The van der Waals surface area contributed by atoms with Crippen LogP contribution in [0.25, 0.3) is 0 Å². The summed E-state index contributed by atoms with van der Waals surface area (Å²) in [5, 5.41) is 11.2. The largest absolute Gasteiger partial charge is 0.389 e. The van der Waals surface area contributed by atoms with Gasteiger partial charge >= 0.3 is 0 Å². The first-order valence-electron chi connectivity index (χ1n) is 7.44. The Morgan fingerprint density at radius 1 is 1.06 bits per heavy atom. The average Bonchev–Trinajstić information content (AvgIpc) is 2.61. The van der Waals surface area contributed by atoms with Crippen LogP contribution in [0.3, 0.4) is 0 Å². The molecule has 2 saturated carbocycles. The molecule has 2 aliphatic carbocycles. The van der Waals surface area contributed by atoms with E-state index in [1.54, 1.807) is 0 Å². The smallest absolute Gasteiger partial charge is 0.0716 e. The van der Waals surface area contributed by atoms with Crippen molar-refractivity contribution in [3.05, 3.63) is 0 Å². The summed E-state index contributed by atoms with van der Waals surface area (Å²) in [4.78, 5) is 0. The molecular weight excluding hydrogens is 210 g/mol. The van der Waals surface area contributed by atoms with Crippen molar-refractivity contribution in [2.45, 2.75) is 70.8 Å². The van der Waals surface area contributed by atoms with Crippen molar-refractivity contribution in [1.29, 1.82) is 0 Å². The summed E-state index contributed by atoms with van der Waals surface area (Å²) in [6, 6.07) is 0. The summed E-state index contributed by atoms with van der Waals surface area (Å²) < 4.78 is 0. The van der Waals surface area contributed by atoms with Gasteiger partial charge in [0.2, 0.25) is 0 Å². The van der Waals surface area contributed by atoms with E-state index in [-0.39, 0.29) is 5.41 Å². The Kier molecular flexibility index (Phi) is 3.84. The predicted octanol–water partition coefficient (Wildman–Crippen LogP) is 3.08. The lowest BCUT2D eigenvalue weighted by molar-refractivity contribution is -0.0913. The Bertz CT molecular complexity index is 268. The number of hydrogen-bond donors (Lipinski definition) is 2. The van der Waals surface area contributed by atoms with E-state index >= 15 is 0 Å². The van der Waals surface area contributed by atoms with Gasteiger partial charge in [-0.3, -0.25) is 0 Å². The number of hydrogen-bond acceptors (Lipinski definition) is 2. The second kappa shape index (κ2) is 4.89. The van der Waals surface area contributed by atoms with Crippen LogP contribution in [0.4, 0.5) is 0 Å². The van der Waals surface area contributed by atoms with Crippen LogP contribution in [0.1, 0.15) is 65.2 Å². The summed E-state index contributed by atoms with van der Waals surface area (Å²) in [5.74, 6) is 1.51. The van der Waals surface area contributed by atoms with E-state index < -0.39 is 5.60 Å². The van der Waals surface area contributed by atoms with Gasteiger partial charge in [0.25, 0.3) is 0 Å². The maximum absolute atomic E-state index is 11.2. The molecule has 2 rings (SSSR count). The Morgan fingerprint density at radius 3 is 2.35 bits per heavy atom. The minimum atomic E-state index is -0.475. The van der Waals surface area contributed by atoms with Crippen LogP contribution in [0.15, 0.2) is 0 Å². The van der Waals surface area contributed by atoms with Crippen molar-refractivity contribution in [3.63, 3.8) is 0 Å². The van der Waals surface area contributed by atoms with Gasteiger partial charge < -0.3 is 10.8 Å². The van der Waals surface area contributed by atoms with Gasteiger partial charge in [-0.05, 0) is 43.9 Å². The predicted molar refractivity (Wildman–Crippen MR) is 71.7 cm³/mol. The SMILES string of the molecule is CC1CCCC(O)(C2(CN)CCC(C)C2)CC1. The Hall–Kier alpha value is -0.0800. The third-order valence-corrected chi connectivity index (χ3v) is 5.57. The lowest BCUT2D eigenvalue weighted by atomic mass is 9.66. The molecule has 0 aromatic rings. The van der Waals surface area contributed by atoms with Crippen molar-refractivity contribution < 1.29 is 5.11 Å². The van der Waals surface area contributed by atoms with Crippen molar-refractivity contribution >= 4 is 0 Å². The minimum Gasteiger partial charge on any atom is -0.389 e.